The fraction of sp³-hybridized carbons (Fsp3) is 0.345. The Kier molecular flexibility index (Phi) is 8.37. The lowest BCUT2D eigenvalue weighted by Gasteiger charge is -2.40. The zero-order chi connectivity index (χ0) is 24.6. The number of nitrogens with one attached hydrogen (secondary N) is 1. The van der Waals surface area contributed by atoms with Crippen LogP contribution in [0.2, 0.25) is 0 Å². The molecule has 1 fully saturated rings. The minimum Gasteiger partial charge on any atom is -0.378 e. The molecule has 1 heterocycles. The van der Waals surface area contributed by atoms with Crippen LogP contribution in [-0.2, 0) is 11.2 Å². The molecule has 0 saturated carbocycles. The van der Waals surface area contributed by atoms with Crippen LogP contribution in [0.25, 0.3) is 0 Å². The minimum absolute atomic E-state index is 0.0775. The molecule has 1 aliphatic heterocycles. The van der Waals surface area contributed by atoms with Crippen molar-refractivity contribution >= 4 is 17.3 Å². The predicted octanol–water partition coefficient (Wildman–Crippen LogP) is 4.50. The summed E-state index contributed by atoms with van der Waals surface area (Å²) in [7, 11) is 4.07. The summed E-state index contributed by atoms with van der Waals surface area (Å²) in [5.74, 6) is -0.134. The van der Waals surface area contributed by atoms with Gasteiger partial charge in [-0.25, -0.2) is 4.39 Å². The summed E-state index contributed by atoms with van der Waals surface area (Å²) in [5.41, 5.74) is 4.58. The van der Waals surface area contributed by atoms with Gasteiger partial charge in [0.25, 0.3) is 0 Å². The Morgan fingerprint density at radius 3 is 2.20 bits per heavy atom. The molecule has 35 heavy (non-hydrogen) atoms. The molecular weight excluding hydrogens is 439 g/mol. The summed E-state index contributed by atoms with van der Waals surface area (Å²) in [4.78, 5) is 19.5. The third kappa shape index (κ3) is 6.83. The molecular formula is C29H35FN4O. The van der Waals surface area contributed by atoms with E-state index in [1.54, 1.807) is 0 Å². The lowest BCUT2D eigenvalue weighted by Crippen LogP contribution is -2.50. The van der Waals surface area contributed by atoms with Gasteiger partial charge in [0, 0.05) is 64.6 Å². The van der Waals surface area contributed by atoms with Gasteiger partial charge in [-0.15, -0.1) is 0 Å². The number of piperazine rings is 1. The topological polar surface area (TPSA) is 38.8 Å². The average molecular weight is 475 g/mol. The van der Waals surface area contributed by atoms with Crippen molar-refractivity contribution in [3.8, 4) is 0 Å². The van der Waals surface area contributed by atoms with Crippen LogP contribution in [0.1, 0.15) is 23.6 Å². The summed E-state index contributed by atoms with van der Waals surface area (Å²) in [6, 6.07) is 25.5. The van der Waals surface area contributed by atoms with E-state index in [0.717, 1.165) is 44.0 Å². The van der Waals surface area contributed by atoms with Gasteiger partial charge < -0.3 is 15.1 Å². The molecule has 0 spiro atoms. The Labute approximate surface area is 208 Å². The molecule has 6 heteroatoms. The molecule has 3 aromatic rings. The van der Waals surface area contributed by atoms with Crippen LogP contribution in [0, 0.1) is 5.82 Å². The number of rotatable bonds is 9. The highest BCUT2D eigenvalue weighted by atomic mass is 19.1. The largest absolute Gasteiger partial charge is 0.378 e. The van der Waals surface area contributed by atoms with Crippen molar-refractivity contribution in [2.75, 3.05) is 56.6 Å². The molecule has 1 N–H and O–H groups in total. The standard InChI is InChI=1S/C29H35FN4O/c1-32(2)26-13-9-24(10-14-26)28(22-31-29(35)17-8-23-6-4-3-5-7-23)34-20-18-33(19-21-34)27-15-11-25(30)12-16-27/h3-7,9-16,28H,8,17-22H2,1-2H3,(H,31,35). The SMILES string of the molecule is CN(C)c1ccc(C(CNC(=O)CCc2ccccc2)N2CCN(c3ccc(F)cc3)CC2)cc1. The summed E-state index contributed by atoms with van der Waals surface area (Å²) in [6.45, 7) is 4.04. The van der Waals surface area contributed by atoms with Crippen molar-refractivity contribution in [1.82, 2.24) is 10.2 Å². The molecule has 1 amide bonds. The molecule has 184 valence electrons. The van der Waals surface area contributed by atoms with Gasteiger partial charge in [0.1, 0.15) is 5.82 Å². The first-order valence-electron chi connectivity index (χ1n) is 12.3. The Morgan fingerprint density at radius 1 is 0.914 bits per heavy atom. The number of nitrogens with zero attached hydrogens (tertiary/aromatic N) is 3. The Balaban J connectivity index is 1.40. The van der Waals surface area contributed by atoms with E-state index in [1.807, 2.05) is 44.4 Å². The van der Waals surface area contributed by atoms with Gasteiger partial charge in [-0.3, -0.25) is 9.69 Å². The first-order valence-corrected chi connectivity index (χ1v) is 12.3. The molecule has 0 aromatic heterocycles. The predicted molar refractivity (Wildman–Crippen MR) is 141 cm³/mol. The molecule has 0 bridgehead atoms. The third-order valence-corrected chi connectivity index (χ3v) is 6.72. The van der Waals surface area contributed by atoms with Crippen LogP contribution in [-0.4, -0.2) is 57.6 Å². The number of halogens is 1. The fourth-order valence-electron chi connectivity index (χ4n) is 4.60. The van der Waals surface area contributed by atoms with Gasteiger partial charge in [0.2, 0.25) is 5.91 Å². The number of hydrogen-bond donors (Lipinski definition) is 1. The van der Waals surface area contributed by atoms with Crippen molar-refractivity contribution in [3.63, 3.8) is 0 Å². The maximum atomic E-state index is 13.3. The number of carbonyl (C=O) groups excluding carboxylic acids is 1. The molecule has 0 aliphatic carbocycles. The van der Waals surface area contributed by atoms with Crippen molar-refractivity contribution in [2.45, 2.75) is 18.9 Å². The van der Waals surface area contributed by atoms with Gasteiger partial charge >= 0.3 is 0 Å². The van der Waals surface area contributed by atoms with E-state index >= 15 is 0 Å². The maximum absolute atomic E-state index is 13.3. The van der Waals surface area contributed by atoms with Crippen LogP contribution in [0.4, 0.5) is 15.8 Å². The summed E-state index contributed by atoms with van der Waals surface area (Å²) in [5, 5.41) is 3.19. The van der Waals surface area contributed by atoms with Crippen molar-refractivity contribution < 1.29 is 9.18 Å². The Hall–Kier alpha value is -3.38. The van der Waals surface area contributed by atoms with Crippen LogP contribution < -0.4 is 15.1 Å². The third-order valence-electron chi connectivity index (χ3n) is 6.72. The zero-order valence-corrected chi connectivity index (χ0v) is 20.7. The second-order valence-corrected chi connectivity index (χ2v) is 9.29. The number of anilines is 2. The number of carbonyl (C=O) groups is 1. The van der Waals surface area contributed by atoms with E-state index < -0.39 is 0 Å². The molecule has 1 saturated heterocycles. The normalized spacial score (nSPS) is 15.0. The summed E-state index contributed by atoms with van der Waals surface area (Å²) < 4.78 is 13.3. The van der Waals surface area contributed by atoms with Crippen molar-refractivity contribution in [3.05, 3.63) is 95.8 Å². The van der Waals surface area contributed by atoms with E-state index in [4.69, 9.17) is 0 Å². The minimum atomic E-state index is -0.211. The lowest BCUT2D eigenvalue weighted by atomic mass is 10.0. The highest BCUT2D eigenvalue weighted by molar-refractivity contribution is 5.76. The lowest BCUT2D eigenvalue weighted by molar-refractivity contribution is -0.121. The maximum Gasteiger partial charge on any atom is 0.220 e. The molecule has 1 atom stereocenters. The van der Waals surface area contributed by atoms with Crippen molar-refractivity contribution in [2.24, 2.45) is 0 Å². The summed E-state index contributed by atoms with van der Waals surface area (Å²) in [6.07, 6.45) is 1.22. The van der Waals surface area contributed by atoms with E-state index in [9.17, 15) is 9.18 Å². The van der Waals surface area contributed by atoms with E-state index in [0.29, 0.717) is 13.0 Å². The van der Waals surface area contributed by atoms with Crippen LogP contribution in [0.5, 0.6) is 0 Å². The fourth-order valence-corrected chi connectivity index (χ4v) is 4.60. The number of hydrogen-bond acceptors (Lipinski definition) is 4. The first-order chi connectivity index (χ1) is 17.0. The van der Waals surface area contributed by atoms with Gasteiger partial charge in [-0.1, -0.05) is 42.5 Å². The smallest absolute Gasteiger partial charge is 0.220 e. The monoisotopic (exact) mass is 474 g/mol. The highest BCUT2D eigenvalue weighted by Gasteiger charge is 2.26. The molecule has 1 aliphatic rings. The quantitative estimate of drug-likeness (QED) is 0.496. The molecule has 4 rings (SSSR count). The second-order valence-electron chi connectivity index (χ2n) is 9.29. The van der Waals surface area contributed by atoms with E-state index in [-0.39, 0.29) is 17.8 Å². The van der Waals surface area contributed by atoms with Gasteiger partial charge in [0.05, 0.1) is 6.04 Å². The Morgan fingerprint density at radius 2 is 1.57 bits per heavy atom. The average Bonchev–Trinajstić information content (AvgIpc) is 2.89. The number of benzene rings is 3. The van der Waals surface area contributed by atoms with Gasteiger partial charge in [-0.05, 0) is 53.9 Å². The summed E-state index contributed by atoms with van der Waals surface area (Å²) >= 11 is 0. The zero-order valence-electron chi connectivity index (χ0n) is 20.7. The van der Waals surface area contributed by atoms with Crippen LogP contribution in [0.15, 0.2) is 78.9 Å². The van der Waals surface area contributed by atoms with Gasteiger partial charge in [-0.2, -0.15) is 0 Å². The molecule has 3 aromatic carbocycles. The second kappa shape index (κ2) is 11.8. The number of amides is 1. The first kappa shape index (κ1) is 24.7. The van der Waals surface area contributed by atoms with Gasteiger partial charge in [0.15, 0.2) is 0 Å². The van der Waals surface area contributed by atoms with Crippen LogP contribution in [0.3, 0.4) is 0 Å². The molecule has 0 radical (unpaired) electrons. The molecule has 5 nitrogen and oxygen atoms in total. The van der Waals surface area contributed by atoms with Crippen LogP contribution >= 0.6 is 0 Å². The van der Waals surface area contributed by atoms with E-state index in [1.165, 1.54) is 23.3 Å². The highest BCUT2D eigenvalue weighted by Crippen LogP contribution is 2.26. The van der Waals surface area contributed by atoms with E-state index in [2.05, 4.69) is 56.4 Å². The van der Waals surface area contributed by atoms with Crippen molar-refractivity contribution in [1.29, 1.82) is 0 Å². The Bertz CT molecular complexity index is 1060. The molecule has 1 unspecified atom stereocenters. The number of aryl methyl sites for hydroxylation is 1.